The minimum atomic E-state index is -4.65. The normalized spacial score (nSPS) is 12.6. The average molecular weight is 497 g/mol. The monoisotopic (exact) mass is 497 g/mol. The van der Waals surface area contributed by atoms with Crippen LogP contribution in [0.5, 0.6) is 17.5 Å². The van der Waals surface area contributed by atoms with Gasteiger partial charge in [0.1, 0.15) is 12.3 Å². The molecule has 3 heterocycles. The smallest absolute Gasteiger partial charge is 0.433 e. The summed E-state index contributed by atoms with van der Waals surface area (Å²) in [5.41, 5.74) is 2.75. The van der Waals surface area contributed by atoms with E-state index in [2.05, 4.69) is 16.0 Å². The molecule has 184 valence electrons. The molecular weight excluding hydrogens is 478 g/mol. The van der Waals surface area contributed by atoms with Crippen LogP contribution in [0.3, 0.4) is 0 Å². The number of nitrogens with zero attached hydrogens (tertiary/aromatic N) is 3. The molecule has 5 rings (SSSR count). The first-order valence-corrected chi connectivity index (χ1v) is 11.0. The van der Waals surface area contributed by atoms with Gasteiger partial charge in [-0.15, -0.1) is 0 Å². The van der Waals surface area contributed by atoms with Crippen molar-refractivity contribution in [3.8, 4) is 28.8 Å². The summed E-state index contributed by atoms with van der Waals surface area (Å²) in [6, 6.07) is 14.7. The Balaban J connectivity index is 1.32. The van der Waals surface area contributed by atoms with Crippen LogP contribution in [-0.4, -0.2) is 14.5 Å². The molecule has 1 aliphatic rings. The summed E-state index contributed by atoms with van der Waals surface area (Å²) in [4.78, 5) is 19.9. The summed E-state index contributed by atoms with van der Waals surface area (Å²) in [7, 11) is 0. The molecule has 0 atom stereocenters. The molecular formula is C26H19F4N3O3. The molecule has 0 aliphatic carbocycles. The number of halogens is 4. The van der Waals surface area contributed by atoms with Gasteiger partial charge in [0.2, 0.25) is 11.8 Å². The lowest BCUT2D eigenvalue weighted by atomic mass is 9.96. The Labute approximate surface area is 202 Å². The maximum Gasteiger partial charge on any atom is 0.433 e. The third-order valence-corrected chi connectivity index (χ3v) is 5.74. The highest BCUT2D eigenvalue weighted by Gasteiger charge is 2.32. The van der Waals surface area contributed by atoms with E-state index in [1.165, 1.54) is 18.2 Å². The molecule has 0 saturated heterocycles. The van der Waals surface area contributed by atoms with E-state index in [-0.39, 0.29) is 24.1 Å². The number of aromatic nitrogens is 3. The number of rotatable bonds is 5. The molecule has 0 spiro atoms. The fourth-order valence-corrected chi connectivity index (χ4v) is 4.03. The van der Waals surface area contributed by atoms with Gasteiger partial charge in [-0.1, -0.05) is 35.9 Å². The van der Waals surface area contributed by atoms with Crippen molar-refractivity contribution in [1.29, 1.82) is 0 Å². The van der Waals surface area contributed by atoms with Crippen LogP contribution in [-0.2, 0) is 25.7 Å². The number of hydrogen-bond donors (Lipinski definition) is 0. The molecule has 2 aromatic carbocycles. The van der Waals surface area contributed by atoms with Crippen LogP contribution in [0.15, 0.2) is 65.5 Å². The Morgan fingerprint density at radius 2 is 1.83 bits per heavy atom. The van der Waals surface area contributed by atoms with Crippen LogP contribution in [0.1, 0.15) is 22.4 Å². The van der Waals surface area contributed by atoms with Gasteiger partial charge in [-0.25, -0.2) is 14.2 Å². The lowest BCUT2D eigenvalue weighted by molar-refractivity contribution is -0.141. The highest BCUT2D eigenvalue weighted by molar-refractivity contribution is 5.67. The highest BCUT2D eigenvalue weighted by Crippen LogP contribution is 2.32. The third kappa shape index (κ3) is 4.79. The van der Waals surface area contributed by atoms with E-state index in [0.29, 0.717) is 17.8 Å². The Morgan fingerprint density at radius 1 is 1.00 bits per heavy atom. The summed E-state index contributed by atoms with van der Waals surface area (Å²) in [6.07, 6.45) is -3.91. The molecule has 0 N–H and O–H groups in total. The van der Waals surface area contributed by atoms with Gasteiger partial charge >= 0.3 is 11.9 Å². The van der Waals surface area contributed by atoms with Crippen molar-refractivity contribution < 1.29 is 27.0 Å². The van der Waals surface area contributed by atoms with Crippen LogP contribution >= 0.6 is 0 Å². The van der Waals surface area contributed by atoms with E-state index >= 15 is 0 Å². The number of aryl methyl sites for hydroxylation is 2. The molecule has 6 nitrogen and oxygen atoms in total. The SMILES string of the molecule is Cc1ccc2c(c1)CCn1c-2cc(OCc2ccc(Oc3cccc(C(F)(F)F)n3)c(F)c2)nc1=O. The number of fused-ring (bicyclic) bond motifs is 3. The Hall–Kier alpha value is -4.21. The fraction of sp³-hybridized carbons (Fsp3) is 0.192. The van der Waals surface area contributed by atoms with Gasteiger partial charge in [-0.2, -0.15) is 18.2 Å². The number of hydrogen-bond acceptors (Lipinski definition) is 5. The summed E-state index contributed by atoms with van der Waals surface area (Å²) >= 11 is 0. The highest BCUT2D eigenvalue weighted by atomic mass is 19.4. The maximum atomic E-state index is 14.6. The van der Waals surface area contributed by atoms with Crippen molar-refractivity contribution in [3.05, 3.63) is 99.3 Å². The second-order valence-corrected chi connectivity index (χ2v) is 8.34. The van der Waals surface area contributed by atoms with Gasteiger partial charge in [-0.05, 0) is 42.7 Å². The van der Waals surface area contributed by atoms with Crippen molar-refractivity contribution in [1.82, 2.24) is 14.5 Å². The zero-order chi connectivity index (χ0) is 25.4. The lowest BCUT2D eigenvalue weighted by Crippen LogP contribution is -2.28. The minimum absolute atomic E-state index is 0.0876. The minimum Gasteiger partial charge on any atom is -0.473 e. The molecule has 1 aliphatic heterocycles. The van der Waals surface area contributed by atoms with Gasteiger partial charge in [0.05, 0.1) is 5.69 Å². The molecule has 0 unspecified atom stereocenters. The third-order valence-electron chi connectivity index (χ3n) is 5.74. The van der Waals surface area contributed by atoms with Crippen LogP contribution in [0.25, 0.3) is 11.3 Å². The molecule has 0 fully saturated rings. The standard InChI is InChI=1S/C26H19F4N3O3/c1-15-5-7-18-17(11-15)9-10-33-20(18)13-24(32-25(33)34)35-14-16-6-8-21(19(27)12-16)36-23-4-2-3-22(31-23)26(28,29)30/h2-8,11-13H,9-10,14H2,1H3. The Morgan fingerprint density at radius 3 is 2.61 bits per heavy atom. The molecule has 0 amide bonds. The van der Waals surface area contributed by atoms with Gasteiger partial charge in [0, 0.05) is 24.2 Å². The summed E-state index contributed by atoms with van der Waals surface area (Å²) in [5.74, 6) is -1.38. The average Bonchev–Trinajstić information content (AvgIpc) is 2.83. The second kappa shape index (κ2) is 9.10. The predicted molar refractivity (Wildman–Crippen MR) is 122 cm³/mol. The maximum absolute atomic E-state index is 14.6. The van der Waals surface area contributed by atoms with E-state index < -0.39 is 23.4 Å². The van der Waals surface area contributed by atoms with Gasteiger partial charge in [0.15, 0.2) is 11.6 Å². The van der Waals surface area contributed by atoms with E-state index in [4.69, 9.17) is 9.47 Å². The number of benzene rings is 2. The van der Waals surface area contributed by atoms with Crippen molar-refractivity contribution >= 4 is 0 Å². The molecule has 2 aromatic heterocycles. The van der Waals surface area contributed by atoms with E-state index in [1.54, 1.807) is 10.6 Å². The van der Waals surface area contributed by atoms with Crippen LogP contribution in [0, 0.1) is 12.7 Å². The lowest BCUT2D eigenvalue weighted by Gasteiger charge is -2.22. The first kappa shape index (κ1) is 23.5. The zero-order valence-electron chi connectivity index (χ0n) is 19.0. The van der Waals surface area contributed by atoms with E-state index in [9.17, 15) is 22.4 Å². The first-order valence-electron chi connectivity index (χ1n) is 11.0. The first-order chi connectivity index (χ1) is 17.2. The van der Waals surface area contributed by atoms with Gasteiger partial charge < -0.3 is 9.47 Å². The van der Waals surface area contributed by atoms with Crippen molar-refractivity contribution in [2.24, 2.45) is 0 Å². The molecule has 36 heavy (non-hydrogen) atoms. The predicted octanol–water partition coefficient (Wildman–Crippen LogP) is 5.70. The van der Waals surface area contributed by atoms with Crippen molar-refractivity contribution in [3.63, 3.8) is 0 Å². The number of ether oxygens (including phenoxy) is 2. The van der Waals surface area contributed by atoms with Crippen LogP contribution in [0.2, 0.25) is 0 Å². The largest absolute Gasteiger partial charge is 0.473 e. The Kier molecular flexibility index (Phi) is 5.95. The zero-order valence-corrected chi connectivity index (χ0v) is 19.0. The molecule has 0 bridgehead atoms. The van der Waals surface area contributed by atoms with Crippen LogP contribution in [0.4, 0.5) is 17.6 Å². The summed E-state index contributed by atoms with van der Waals surface area (Å²) in [6.45, 7) is 2.44. The van der Waals surface area contributed by atoms with E-state index in [1.807, 2.05) is 19.1 Å². The second-order valence-electron chi connectivity index (χ2n) is 8.34. The Bertz CT molecular complexity index is 1520. The van der Waals surface area contributed by atoms with E-state index in [0.717, 1.165) is 41.3 Å². The van der Waals surface area contributed by atoms with Gasteiger partial charge in [-0.3, -0.25) is 4.57 Å². The molecule has 4 aromatic rings. The topological polar surface area (TPSA) is 66.2 Å². The van der Waals surface area contributed by atoms with Crippen molar-refractivity contribution in [2.75, 3.05) is 0 Å². The molecule has 10 heteroatoms. The summed E-state index contributed by atoms with van der Waals surface area (Å²) in [5, 5.41) is 0. The number of alkyl halides is 3. The molecule has 0 radical (unpaired) electrons. The quantitative estimate of drug-likeness (QED) is 0.331. The number of pyridine rings is 1. The summed E-state index contributed by atoms with van der Waals surface area (Å²) < 4.78 is 65.6. The van der Waals surface area contributed by atoms with Gasteiger partial charge in [0.25, 0.3) is 0 Å². The fourth-order valence-electron chi connectivity index (χ4n) is 4.03. The molecule has 0 saturated carbocycles. The van der Waals surface area contributed by atoms with Crippen LogP contribution < -0.4 is 15.2 Å². The van der Waals surface area contributed by atoms with Crippen molar-refractivity contribution in [2.45, 2.75) is 32.7 Å².